The standard InChI is InChI=1S/C16H18ClN3O3/c1-10(23-14-7-6-11(9-18)8-13(14)17)15(21)20-16(22)19-12-4-2-3-5-12/h6-8,10,12H,2-5H2,1H3,(H2,19,20,21,22)/t10-/m0/s1. The van der Waals surface area contributed by atoms with Gasteiger partial charge in [-0.25, -0.2) is 4.79 Å². The molecule has 7 heteroatoms. The zero-order chi connectivity index (χ0) is 16.8. The van der Waals surface area contributed by atoms with Gasteiger partial charge in [-0.2, -0.15) is 5.26 Å². The Morgan fingerprint density at radius 3 is 2.70 bits per heavy atom. The van der Waals surface area contributed by atoms with Crippen LogP contribution in [0, 0.1) is 11.3 Å². The van der Waals surface area contributed by atoms with Crippen molar-refractivity contribution in [3.63, 3.8) is 0 Å². The van der Waals surface area contributed by atoms with Crippen molar-refractivity contribution in [1.82, 2.24) is 10.6 Å². The highest BCUT2D eigenvalue weighted by molar-refractivity contribution is 6.32. The van der Waals surface area contributed by atoms with Crippen LogP contribution >= 0.6 is 11.6 Å². The fourth-order valence-electron chi connectivity index (χ4n) is 2.42. The van der Waals surface area contributed by atoms with E-state index in [4.69, 9.17) is 21.6 Å². The molecule has 122 valence electrons. The molecule has 1 saturated carbocycles. The number of carbonyl (C=O) groups excluding carboxylic acids is 2. The summed E-state index contributed by atoms with van der Waals surface area (Å²) >= 11 is 5.99. The number of nitrogens with one attached hydrogen (secondary N) is 2. The highest BCUT2D eigenvalue weighted by Gasteiger charge is 2.21. The van der Waals surface area contributed by atoms with Gasteiger partial charge in [-0.05, 0) is 38.0 Å². The van der Waals surface area contributed by atoms with Gasteiger partial charge in [0.25, 0.3) is 5.91 Å². The van der Waals surface area contributed by atoms with Crippen LogP contribution in [-0.4, -0.2) is 24.1 Å². The molecule has 1 fully saturated rings. The number of benzene rings is 1. The smallest absolute Gasteiger partial charge is 0.321 e. The Morgan fingerprint density at radius 2 is 2.09 bits per heavy atom. The van der Waals surface area contributed by atoms with Crippen LogP contribution in [0.25, 0.3) is 0 Å². The molecule has 1 aliphatic rings. The molecule has 23 heavy (non-hydrogen) atoms. The number of urea groups is 1. The molecular formula is C16H18ClN3O3. The first kappa shape index (κ1) is 17.1. The van der Waals surface area contributed by atoms with Crippen molar-refractivity contribution in [3.05, 3.63) is 28.8 Å². The van der Waals surface area contributed by atoms with Crippen LogP contribution in [0.2, 0.25) is 5.02 Å². The fourth-order valence-corrected chi connectivity index (χ4v) is 2.64. The van der Waals surface area contributed by atoms with E-state index in [2.05, 4.69) is 10.6 Å². The summed E-state index contributed by atoms with van der Waals surface area (Å²) in [7, 11) is 0. The van der Waals surface area contributed by atoms with Crippen molar-refractivity contribution < 1.29 is 14.3 Å². The number of rotatable bonds is 4. The number of halogens is 1. The number of nitriles is 1. The van der Waals surface area contributed by atoms with E-state index in [-0.39, 0.29) is 16.8 Å². The molecular weight excluding hydrogens is 318 g/mol. The van der Waals surface area contributed by atoms with E-state index in [0.29, 0.717) is 5.56 Å². The maximum Gasteiger partial charge on any atom is 0.321 e. The van der Waals surface area contributed by atoms with Gasteiger partial charge in [0, 0.05) is 6.04 Å². The topological polar surface area (TPSA) is 91.2 Å². The van der Waals surface area contributed by atoms with Crippen molar-refractivity contribution in [3.8, 4) is 11.8 Å². The van der Waals surface area contributed by atoms with Gasteiger partial charge in [0.2, 0.25) is 0 Å². The Balaban J connectivity index is 1.87. The third-order valence-corrected chi connectivity index (χ3v) is 3.96. The van der Waals surface area contributed by atoms with Crippen LogP contribution in [-0.2, 0) is 4.79 Å². The number of ether oxygens (including phenoxy) is 1. The molecule has 2 N–H and O–H groups in total. The van der Waals surface area contributed by atoms with Crippen molar-refractivity contribution in [2.24, 2.45) is 0 Å². The lowest BCUT2D eigenvalue weighted by Crippen LogP contribution is -2.47. The summed E-state index contributed by atoms with van der Waals surface area (Å²) in [6.07, 6.45) is 3.17. The predicted molar refractivity (Wildman–Crippen MR) is 85.2 cm³/mol. The molecule has 0 spiro atoms. The minimum atomic E-state index is -0.894. The number of amides is 3. The minimum Gasteiger partial charge on any atom is -0.479 e. The van der Waals surface area contributed by atoms with Crippen LogP contribution in [0.1, 0.15) is 38.2 Å². The number of imide groups is 1. The normalized spacial score (nSPS) is 15.5. The Bertz CT molecular complexity index is 636. The van der Waals surface area contributed by atoms with Gasteiger partial charge >= 0.3 is 6.03 Å². The first-order valence-corrected chi connectivity index (χ1v) is 7.85. The van der Waals surface area contributed by atoms with Crippen molar-refractivity contribution >= 4 is 23.5 Å². The third kappa shape index (κ3) is 4.86. The number of hydrogen-bond acceptors (Lipinski definition) is 4. The molecule has 0 aromatic heterocycles. The van der Waals surface area contributed by atoms with Gasteiger partial charge in [-0.3, -0.25) is 10.1 Å². The average Bonchev–Trinajstić information content (AvgIpc) is 3.01. The molecule has 0 radical (unpaired) electrons. The molecule has 0 unspecified atom stereocenters. The zero-order valence-corrected chi connectivity index (χ0v) is 13.5. The van der Waals surface area contributed by atoms with Gasteiger partial charge in [0.05, 0.1) is 16.7 Å². The molecule has 6 nitrogen and oxygen atoms in total. The fraction of sp³-hybridized carbons (Fsp3) is 0.438. The number of carbonyl (C=O) groups is 2. The van der Waals surface area contributed by atoms with Crippen LogP contribution in [0.5, 0.6) is 5.75 Å². The third-order valence-electron chi connectivity index (χ3n) is 3.66. The first-order chi connectivity index (χ1) is 11.0. The molecule has 1 aromatic carbocycles. The lowest BCUT2D eigenvalue weighted by Gasteiger charge is -2.17. The Hall–Kier alpha value is -2.26. The van der Waals surface area contributed by atoms with Gasteiger partial charge in [-0.1, -0.05) is 24.4 Å². The minimum absolute atomic E-state index is 0.131. The molecule has 2 rings (SSSR count). The Morgan fingerprint density at radius 1 is 1.39 bits per heavy atom. The highest BCUT2D eigenvalue weighted by atomic mass is 35.5. The quantitative estimate of drug-likeness (QED) is 0.885. The number of nitrogens with zero attached hydrogens (tertiary/aromatic N) is 1. The molecule has 0 bridgehead atoms. The lowest BCUT2D eigenvalue weighted by molar-refractivity contribution is -0.126. The first-order valence-electron chi connectivity index (χ1n) is 7.47. The zero-order valence-electron chi connectivity index (χ0n) is 12.8. The summed E-state index contributed by atoms with van der Waals surface area (Å²) < 4.78 is 5.44. The molecule has 1 aromatic rings. The van der Waals surface area contributed by atoms with Crippen molar-refractivity contribution in [2.75, 3.05) is 0 Å². The van der Waals surface area contributed by atoms with E-state index < -0.39 is 18.0 Å². The van der Waals surface area contributed by atoms with Crippen LogP contribution < -0.4 is 15.4 Å². The number of hydrogen-bond donors (Lipinski definition) is 2. The summed E-state index contributed by atoms with van der Waals surface area (Å²) in [6.45, 7) is 1.52. The Labute approximate surface area is 139 Å². The van der Waals surface area contributed by atoms with E-state index in [1.807, 2.05) is 6.07 Å². The second kappa shape index (κ2) is 7.84. The lowest BCUT2D eigenvalue weighted by atomic mass is 10.2. The molecule has 0 heterocycles. The van der Waals surface area contributed by atoms with E-state index in [1.165, 1.54) is 19.1 Å². The van der Waals surface area contributed by atoms with Gasteiger partial charge < -0.3 is 10.1 Å². The van der Waals surface area contributed by atoms with E-state index >= 15 is 0 Å². The van der Waals surface area contributed by atoms with Crippen molar-refractivity contribution in [2.45, 2.75) is 44.8 Å². The highest BCUT2D eigenvalue weighted by Crippen LogP contribution is 2.26. The summed E-state index contributed by atoms with van der Waals surface area (Å²) in [5.74, 6) is -0.273. The van der Waals surface area contributed by atoms with Crippen LogP contribution in [0.4, 0.5) is 4.79 Å². The van der Waals surface area contributed by atoms with Crippen molar-refractivity contribution in [1.29, 1.82) is 5.26 Å². The largest absolute Gasteiger partial charge is 0.479 e. The van der Waals surface area contributed by atoms with Crippen LogP contribution in [0.15, 0.2) is 18.2 Å². The molecule has 1 atom stereocenters. The predicted octanol–water partition coefficient (Wildman–Crippen LogP) is 2.75. The van der Waals surface area contributed by atoms with E-state index in [9.17, 15) is 9.59 Å². The van der Waals surface area contributed by atoms with Gasteiger partial charge in [0.1, 0.15) is 5.75 Å². The maximum absolute atomic E-state index is 12.0. The van der Waals surface area contributed by atoms with Crippen LogP contribution in [0.3, 0.4) is 0 Å². The second-order valence-corrected chi connectivity index (χ2v) is 5.87. The maximum atomic E-state index is 12.0. The summed E-state index contributed by atoms with van der Waals surface area (Å²) in [5.41, 5.74) is 0.399. The molecule has 0 saturated heterocycles. The van der Waals surface area contributed by atoms with E-state index in [0.717, 1.165) is 25.7 Å². The summed E-state index contributed by atoms with van der Waals surface area (Å²) in [5, 5.41) is 14.0. The molecule has 0 aliphatic heterocycles. The van der Waals surface area contributed by atoms with Gasteiger partial charge in [-0.15, -0.1) is 0 Å². The summed E-state index contributed by atoms with van der Waals surface area (Å²) in [6, 6.07) is 6.09. The molecule has 3 amide bonds. The second-order valence-electron chi connectivity index (χ2n) is 5.46. The SMILES string of the molecule is C[C@H](Oc1ccc(C#N)cc1Cl)C(=O)NC(=O)NC1CCCC1. The summed E-state index contributed by atoms with van der Waals surface area (Å²) in [4.78, 5) is 23.7. The molecule has 1 aliphatic carbocycles. The Kier molecular flexibility index (Phi) is 5.83. The average molecular weight is 336 g/mol. The van der Waals surface area contributed by atoms with E-state index in [1.54, 1.807) is 6.07 Å². The van der Waals surface area contributed by atoms with Gasteiger partial charge in [0.15, 0.2) is 6.10 Å². The monoisotopic (exact) mass is 335 g/mol.